The van der Waals surface area contributed by atoms with Crippen molar-refractivity contribution in [1.29, 1.82) is 0 Å². The zero-order chi connectivity index (χ0) is 21.5. The lowest BCUT2D eigenvalue weighted by Gasteiger charge is -2.35. The van der Waals surface area contributed by atoms with E-state index in [2.05, 4.69) is 24.1 Å². The number of amides is 1. The maximum atomic E-state index is 13.4. The molecule has 2 aliphatic heterocycles. The van der Waals surface area contributed by atoms with Gasteiger partial charge in [-0.15, -0.1) is 0 Å². The number of carbonyl (C=O) groups excluding carboxylic acids is 1. The Bertz CT molecular complexity index is 1130. The van der Waals surface area contributed by atoms with Crippen LogP contribution in [-0.2, 0) is 0 Å². The van der Waals surface area contributed by atoms with Gasteiger partial charge in [0.15, 0.2) is 5.65 Å². The highest BCUT2D eigenvalue weighted by Gasteiger charge is 2.31. The summed E-state index contributed by atoms with van der Waals surface area (Å²) in [5, 5.41) is 4.84. The van der Waals surface area contributed by atoms with Crippen LogP contribution in [0.15, 0.2) is 30.5 Å². The molecule has 7 nitrogen and oxygen atoms in total. The van der Waals surface area contributed by atoms with Crippen LogP contribution >= 0.6 is 0 Å². The van der Waals surface area contributed by atoms with E-state index in [0.717, 1.165) is 67.2 Å². The molecule has 0 radical (unpaired) electrons. The molecule has 2 fully saturated rings. The van der Waals surface area contributed by atoms with Gasteiger partial charge in [-0.1, -0.05) is 11.6 Å². The van der Waals surface area contributed by atoms with Crippen LogP contribution in [0, 0.1) is 13.8 Å². The highest BCUT2D eigenvalue weighted by atomic mass is 16.2. The lowest BCUT2D eigenvalue weighted by Crippen LogP contribution is -2.39. The number of aromatic nitrogens is 3. The molecule has 2 aromatic heterocycles. The Morgan fingerprint density at radius 3 is 2.65 bits per heavy atom. The van der Waals surface area contributed by atoms with Crippen molar-refractivity contribution in [2.45, 2.75) is 52.0 Å². The van der Waals surface area contributed by atoms with Gasteiger partial charge in [-0.3, -0.25) is 4.79 Å². The molecule has 0 saturated carbocycles. The number of aryl methyl sites for hydroxylation is 2. The summed E-state index contributed by atoms with van der Waals surface area (Å²) in [5.74, 6) is 1.05. The molecule has 3 aromatic rings. The Labute approximate surface area is 182 Å². The summed E-state index contributed by atoms with van der Waals surface area (Å²) in [4.78, 5) is 22.7. The molecule has 1 unspecified atom stereocenters. The summed E-state index contributed by atoms with van der Waals surface area (Å²) in [6, 6.07) is 7.64. The van der Waals surface area contributed by atoms with E-state index in [1.165, 1.54) is 12.8 Å². The molecule has 1 aromatic carbocycles. The fraction of sp³-hybridized carbons (Fsp3) is 0.458. The average molecular weight is 419 g/mol. The van der Waals surface area contributed by atoms with Crippen LogP contribution in [-0.4, -0.2) is 45.0 Å². The minimum absolute atomic E-state index is 0.00940. The summed E-state index contributed by atoms with van der Waals surface area (Å²) in [5.41, 5.74) is 11.2. The molecule has 5 rings (SSSR count). The van der Waals surface area contributed by atoms with Gasteiger partial charge >= 0.3 is 0 Å². The summed E-state index contributed by atoms with van der Waals surface area (Å²) in [6.07, 6.45) is 7.48. The van der Waals surface area contributed by atoms with Gasteiger partial charge in [-0.2, -0.15) is 5.10 Å². The van der Waals surface area contributed by atoms with Crippen molar-refractivity contribution in [1.82, 2.24) is 19.5 Å². The highest BCUT2D eigenvalue weighted by Crippen LogP contribution is 2.33. The van der Waals surface area contributed by atoms with E-state index in [0.29, 0.717) is 11.3 Å². The van der Waals surface area contributed by atoms with Crippen LogP contribution in [0.4, 0.5) is 11.5 Å². The SMILES string of the molecule is Cc1ccc(N)c(C(=O)N2CCCCC2c2cc3nc(N4CCCC4)c(C)cn3n2)c1. The molecule has 0 spiro atoms. The van der Waals surface area contributed by atoms with Gasteiger partial charge in [0.1, 0.15) is 5.82 Å². The largest absolute Gasteiger partial charge is 0.398 e. The molecular formula is C24H30N6O. The molecule has 31 heavy (non-hydrogen) atoms. The molecule has 162 valence electrons. The third-order valence-corrected chi connectivity index (χ3v) is 6.57. The number of benzene rings is 1. The molecule has 2 N–H and O–H groups in total. The number of hydrogen-bond acceptors (Lipinski definition) is 5. The number of hydrogen-bond donors (Lipinski definition) is 1. The molecule has 0 bridgehead atoms. The molecule has 2 saturated heterocycles. The van der Waals surface area contributed by atoms with Crippen LogP contribution in [0.1, 0.15) is 65.3 Å². The number of carbonyl (C=O) groups is 1. The first-order chi connectivity index (χ1) is 15.0. The Kier molecular flexibility index (Phi) is 5.04. The lowest BCUT2D eigenvalue weighted by molar-refractivity contribution is 0.0606. The van der Waals surface area contributed by atoms with Crippen molar-refractivity contribution in [3.05, 3.63) is 52.8 Å². The lowest BCUT2D eigenvalue weighted by atomic mass is 9.97. The number of nitrogens with zero attached hydrogens (tertiary/aromatic N) is 5. The smallest absolute Gasteiger partial charge is 0.256 e. The summed E-state index contributed by atoms with van der Waals surface area (Å²) in [6.45, 7) is 6.92. The molecule has 1 amide bonds. The van der Waals surface area contributed by atoms with E-state index >= 15 is 0 Å². The molecule has 0 aliphatic carbocycles. The van der Waals surface area contributed by atoms with Gasteiger partial charge in [-0.25, -0.2) is 9.50 Å². The van der Waals surface area contributed by atoms with Crippen LogP contribution in [0.3, 0.4) is 0 Å². The number of fused-ring (bicyclic) bond motifs is 1. The van der Waals surface area contributed by atoms with Gasteiger partial charge in [-0.05, 0) is 58.1 Å². The van der Waals surface area contributed by atoms with E-state index in [-0.39, 0.29) is 11.9 Å². The van der Waals surface area contributed by atoms with Crippen LogP contribution in [0.25, 0.3) is 5.65 Å². The standard InChI is InChI=1S/C24H30N6O/c1-16-8-9-19(25)18(13-16)24(31)29-12-4-3-7-21(29)20-14-22-26-23(28-10-5-6-11-28)17(2)15-30(22)27-20/h8-9,13-15,21H,3-7,10-12,25H2,1-2H3. The van der Waals surface area contributed by atoms with Crippen LogP contribution < -0.4 is 10.6 Å². The zero-order valence-electron chi connectivity index (χ0n) is 18.3. The molecular weight excluding hydrogens is 388 g/mol. The normalized spacial score (nSPS) is 19.4. The van der Waals surface area contributed by atoms with E-state index in [9.17, 15) is 4.79 Å². The monoisotopic (exact) mass is 418 g/mol. The fourth-order valence-electron chi connectivity index (χ4n) is 4.92. The topological polar surface area (TPSA) is 79.8 Å². The van der Waals surface area contributed by atoms with E-state index in [1.54, 1.807) is 0 Å². The van der Waals surface area contributed by atoms with Crippen molar-refractivity contribution in [3.63, 3.8) is 0 Å². The first kappa shape index (κ1) is 19.8. The number of anilines is 2. The predicted octanol–water partition coefficient (Wildman–Crippen LogP) is 3.90. The van der Waals surface area contributed by atoms with Gasteiger partial charge in [0.25, 0.3) is 5.91 Å². The fourth-order valence-corrected chi connectivity index (χ4v) is 4.92. The van der Waals surface area contributed by atoms with Crippen molar-refractivity contribution >= 4 is 23.1 Å². The molecule has 4 heterocycles. The Morgan fingerprint density at radius 2 is 1.84 bits per heavy atom. The maximum absolute atomic E-state index is 13.4. The number of rotatable bonds is 3. The number of likely N-dealkylation sites (tertiary alicyclic amines) is 1. The first-order valence-corrected chi connectivity index (χ1v) is 11.3. The van der Waals surface area contributed by atoms with E-state index in [1.807, 2.05) is 34.5 Å². The Balaban J connectivity index is 1.49. The minimum atomic E-state index is -0.0570. The van der Waals surface area contributed by atoms with E-state index < -0.39 is 0 Å². The van der Waals surface area contributed by atoms with Gasteiger partial charge in [0, 0.05) is 43.1 Å². The first-order valence-electron chi connectivity index (χ1n) is 11.3. The van der Waals surface area contributed by atoms with Gasteiger partial charge < -0.3 is 15.5 Å². The second kappa shape index (κ2) is 7.87. The summed E-state index contributed by atoms with van der Waals surface area (Å²) >= 11 is 0. The van der Waals surface area contributed by atoms with E-state index in [4.69, 9.17) is 15.8 Å². The zero-order valence-corrected chi connectivity index (χ0v) is 18.3. The van der Waals surface area contributed by atoms with Crippen LogP contribution in [0.5, 0.6) is 0 Å². The molecule has 7 heteroatoms. The van der Waals surface area contributed by atoms with Crippen molar-refractivity contribution in [2.75, 3.05) is 30.3 Å². The maximum Gasteiger partial charge on any atom is 0.256 e. The third-order valence-electron chi connectivity index (χ3n) is 6.57. The third kappa shape index (κ3) is 3.62. The number of piperidine rings is 1. The van der Waals surface area contributed by atoms with Gasteiger partial charge in [0.05, 0.1) is 17.3 Å². The minimum Gasteiger partial charge on any atom is -0.398 e. The second-order valence-electron chi connectivity index (χ2n) is 8.91. The quantitative estimate of drug-likeness (QED) is 0.653. The van der Waals surface area contributed by atoms with Crippen LogP contribution in [0.2, 0.25) is 0 Å². The Hall–Kier alpha value is -3.09. The predicted molar refractivity (Wildman–Crippen MR) is 122 cm³/mol. The number of nitrogens with two attached hydrogens (primary N) is 1. The molecule has 1 atom stereocenters. The Morgan fingerprint density at radius 1 is 1.06 bits per heavy atom. The van der Waals surface area contributed by atoms with Crippen molar-refractivity contribution in [2.24, 2.45) is 0 Å². The average Bonchev–Trinajstić information content (AvgIpc) is 3.44. The number of nitrogen functional groups attached to an aromatic ring is 1. The van der Waals surface area contributed by atoms with Crippen molar-refractivity contribution in [3.8, 4) is 0 Å². The molecule has 2 aliphatic rings. The van der Waals surface area contributed by atoms with Gasteiger partial charge in [0.2, 0.25) is 0 Å². The highest BCUT2D eigenvalue weighted by molar-refractivity contribution is 5.99. The summed E-state index contributed by atoms with van der Waals surface area (Å²) < 4.78 is 1.86. The summed E-state index contributed by atoms with van der Waals surface area (Å²) in [7, 11) is 0. The van der Waals surface area contributed by atoms with Crippen molar-refractivity contribution < 1.29 is 4.79 Å². The second-order valence-corrected chi connectivity index (χ2v) is 8.91.